The first-order valence-electron chi connectivity index (χ1n) is 4.90. The number of aryl methyl sites for hydroxylation is 1. The van der Waals surface area contributed by atoms with Gasteiger partial charge in [0.05, 0.1) is 5.25 Å². The van der Waals surface area contributed by atoms with Gasteiger partial charge in [-0.3, -0.25) is 0 Å². The van der Waals surface area contributed by atoms with Crippen molar-refractivity contribution in [3.05, 3.63) is 10.0 Å². The average molecular weight is 249 g/mol. The topological polar surface area (TPSA) is 25.8 Å². The van der Waals surface area contributed by atoms with Crippen LogP contribution >= 0.6 is 34.7 Å². The summed E-state index contributed by atoms with van der Waals surface area (Å²) in [5.41, 5.74) is 0. The highest BCUT2D eigenvalue weighted by atomic mass is 35.5. The summed E-state index contributed by atoms with van der Waals surface area (Å²) in [5, 5.41) is 11.4. The van der Waals surface area contributed by atoms with Crippen molar-refractivity contribution in [1.82, 2.24) is 10.2 Å². The molecule has 1 atom stereocenters. The highest BCUT2D eigenvalue weighted by Gasteiger charge is 2.21. The predicted octanol–water partition coefficient (Wildman–Crippen LogP) is 3.28. The summed E-state index contributed by atoms with van der Waals surface area (Å²) in [6.45, 7) is 0. The summed E-state index contributed by atoms with van der Waals surface area (Å²) in [5.74, 6) is 1.99. The summed E-state index contributed by atoms with van der Waals surface area (Å²) in [4.78, 5) is 0. The Morgan fingerprint density at radius 1 is 1.43 bits per heavy atom. The van der Waals surface area contributed by atoms with Gasteiger partial charge in [-0.1, -0.05) is 0 Å². The molecule has 78 valence electrons. The first kappa shape index (κ1) is 10.7. The van der Waals surface area contributed by atoms with E-state index in [0.29, 0.717) is 11.1 Å². The largest absolute Gasteiger partial charge is 0.151 e. The van der Waals surface area contributed by atoms with Gasteiger partial charge in [0.25, 0.3) is 0 Å². The molecule has 14 heavy (non-hydrogen) atoms. The predicted molar refractivity (Wildman–Crippen MR) is 63.4 cm³/mol. The van der Waals surface area contributed by atoms with E-state index in [4.69, 9.17) is 11.6 Å². The lowest BCUT2D eigenvalue weighted by Crippen LogP contribution is -1.86. The van der Waals surface area contributed by atoms with Gasteiger partial charge in [-0.25, -0.2) is 0 Å². The van der Waals surface area contributed by atoms with Crippen LogP contribution in [-0.2, 0) is 6.42 Å². The Bertz CT molecular complexity index is 284. The minimum Gasteiger partial charge on any atom is -0.151 e. The van der Waals surface area contributed by atoms with Gasteiger partial charge in [-0.15, -0.1) is 33.1 Å². The van der Waals surface area contributed by atoms with Crippen molar-refractivity contribution in [2.75, 3.05) is 11.6 Å². The number of rotatable bonds is 4. The molecule has 1 aliphatic rings. The molecule has 5 heteroatoms. The van der Waals surface area contributed by atoms with Crippen LogP contribution in [0.1, 0.15) is 34.5 Å². The van der Waals surface area contributed by atoms with Crippen LogP contribution in [0.4, 0.5) is 0 Å². The molecular formula is C9H13ClN2S2. The van der Waals surface area contributed by atoms with Crippen LogP contribution in [-0.4, -0.2) is 21.8 Å². The number of alkyl halides is 1. The van der Waals surface area contributed by atoms with E-state index >= 15 is 0 Å². The fourth-order valence-corrected chi connectivity index (χ4v) is 4.01. The van der Waals surface area contributed by atoms with Crippen LogP contribution in [0.2, 0.25) is 0 Å². The van der Waals surface area contributed by atoms with Gasteiger partial charge in [0.15, 0.2) is 0 Å². The molecule has 1 aromatic heterocycles. The minimum absolute atomic E-state index is 0.622. The second-order valence-electron chi connectivity index (χ2n) is 3.33. The lowest BCUT2D eigenvalue weighted by atomic mass is 10.3. The molecular weight excluding hydrogens is 236 g/mol. The lowest BCUT2D eigenvalue weighted by Gasteiger charge is -2.00. The smallest absolute Gasteiger partial charge is 0.130 e. The molecule has 0 bridgehead atoms. The van der Waals surface area contributed by atoms with Gasteiger partial charge < -0.3 is 0 Å². The SMILES string of the molecule is ClCCCc1nnc(C2CCCS2)s1. The molecule has 0 saturated carbocycles. The number of hydrogen-bond donors (Lipinski definition) is 0. The molecule has 1 aliphatic heterocycles. The maximum absolute atomic E-state index is 5.64. The summed E-state index contributed by atoms with van der Waals surface area (Å²) in [6.07, 6.45) is 4.59. The molecule has 2 heterocycles. The van der Waals surface area contributed by atoms with E-state index in [1.54, 1.807) is 11.3 Å². The molecule has 2 nitrogen and oxygen atoms in total. The molecule has 1 aromatic rings. The van der Waals surface area contributed by atoms with Crippen molar-refractivity contribution in [2.45, 2.75) is 30.9 Å². The monoisotopic (exact) mass is 248 g/mol. The summed E-state index contributed by atoms with van der Waals surface area (Å²) in [6, 6.07) is 0. The average Bonchev–Trinajstić information content (AvgIpc) is 2.85. The van der Waals surface area contributed by atoms with Crippen molar-refractivity contribution >= 4 is 34.7 Å². The molecule has 2 rings (SSSR count). The van der Waals surface area contributed by atoms with Crippen LogP contribution in [0.5, 0.6) is 0 Å². The first-order valence-corrected chi connectivity index (χ1v) is 7.30. The third-order valence-electron chi connectivity index (χ3n) is 2.21. The van der Waals surface area contributed by atoms with E-state index in [2.05, 4.69) is 10.2 Å². The second kappa shape index (κ2) is 5.33. The van der Waals surface area contributed by atoms with Crippen molar-refractivity contribution in [2.24, 2.45) is 0 Å². The number of nitrogens with zero attached hydrogens (tertiary/aromatic N) is 2. The zero-order valence-electron chi connectivity index (χ0n) is 7.91. The zero-order chi connectivity index (χ0) is 9.80. The van der Waals surface area contributed by atoms with Crippen molar-refractivity contribution in [3.8, 4) is 0 Å². The van der Waals surface area contributed by atoms with E-state index in [-0.39, 0.29) is 0 Å². The van der Waals surface area contributed by atoms with Gasteiger partial charge in [-0.05, 0) is 25.0 Å². The summed E-state index contributed by atoms with van der Waals surface area (Å²) >= 11 is 9.42. The van der Waals surface area contributed by atoms with Gasteiger partial charge in [0.2, 0.25) is 0 Å². The van der Waals surface area contributed by atoms with Crippen LogP contribution in [0.3, 0.4) is 0 Å². The molecule has 0 aromatic carbocycles. The van der Waals surface area contributed by atoms with Crippen LogP contribution in [0.15, 0.2) is 0 Å². The van der Waals surface area contributed by atoms with Crippen LogP contribution in [0, 0.1) is 0 Å². The Kier molecular flexibility index (Phi) is 4.08. The van der Waals surface area contributed by atoms with Crippen LogP contribution < -0.4 is 0 Å². The molecule has 0 amide bonds. The summed E-state index contributed by atoms with van der Waals surface area (Å²) in [7, 11) is 0. The molecule has 1 saturated heterocycles. The Morgan fingerprint density at radius 3 is 3.07 bits per heavy atom. The van der Waals surface area contributed by atoms with Gasteiger partial charge in [-0.2, -0.15) is 11.8 Å². The molecule has 0 aliphatic carbocycles. The van der Waals surface area contributed by atoms with E-state index in [0.717, 1.165) is 17.8 Å². The number of hydrogen-bond acceptors (Lipinski definition) is 4. The van der Waals surface area contributed by atoms with E-state index in [1.165, 1.54) is 23.6 Å². The maximum Gasteiger partial charge on any atom is 0.130 e. The van der Waals surface area contributed by atoms with Crippen molar-refractivity contribution in [1.29, 1.82) is 0 Å². The minimum atomic E-state index is 0.622. The van der Waals surface area contributed by atoms with E-state index < -0.39 is 0 Å². The summed E-state index contributed by atoms with van der Waals surface area (Å²) < 4.78 is 0. The fraction of sp³-hybridized carbons (Fsp3) is 0.778. The Labute approximate surface area is 97.5 Å². The number of thioether (sulfide) groups is 1. The Hall–Kier alpha value is 0.200. The maximum atomic E-state index is 5.64. The standard InChI is InChI=1S/C9H13ClN2S2/c10-5-1-4-8-11-12-9(14-8)7-3-2-6-13-7/h7H,1-6H2. The van der Waals surface area contributed by atoms with E-state index in [1.807, 2.05) is 11.8 Å². The third kappa shape index (κ3) is 2.61. The lowest BCUT2D eigenvalue weighted by molar-refractivity contribution is 0.801. The quantitative estimate of drug-likeness (QED) is 0.765. The molecule has 0 spiro atoms. The highest BCUT2D eigenvalue weighted by Crippen LogP contribution is 2.40. The molecule has 0 radical (unpaired) electrons. The molecule has 1 fully saturated rings. The van der Waals surface area contributed by atoms with Crippen LogP contribution in [0.25, 0.3) is 0 Å². The van der Waals surface area contributed by atoms with Gasteiger partial charge in [0.1, 0.15) is 10.0 Å². The zero-order valence-corrected chi connectivity index (χ0v) is 10.3. The van der Waals surface area contributed by atoms with Gasteiger partial charge in [0, 0.05) is 12.3 Å². The fourth-order valence-electron chi connectivity index (χ4n) is 1.49. The highest BCUT2D eigenvalue weighted by molar-refractivity contribution is 7.99. The number of halogens is 1. The Balaban J connectivity index is 1.94. The molecule has 1 unspecified atom stereocenters. The Morgan fingerprint density at radius 2 is 2.36 bits per heavy atom. The normalized spacial score (nSPS) is 21.6. The number of aromatic nitrogens is 2. The van der Waals surface area contributed by atoms with Crippen molar-refractivity contribution in [3.63, 3.8) is 0 Å². The third-order valence-corrected chi connectivity index (χ3v) is 5.11. The van der Waals surface area contributed by atoms with Crippen molar-refractivity contribution < 1.29 is 0 Å². The second-order valence-corrected chi connectivity index (χ2v) is 6.11. The molecule has 0 N–H and O–H groups in total. The van der Waals surface area contributed by atoms with Gasteiger partial charge >= 0.3 is 0 Å². The first-order chi connectivity index (χ1) is 6.90. The van der Waals surface area contributed by atoms with E-state index in [9.17, 15) is 0 Å².